The Morgan fingerprint density at radius 1 is 1.31 bits per heavy atom. The summed E-state index contributed by atoms with van der Waals surface area (Å²) < 4.78 is 10.7. The highest BCUT2D eigenvalue weighted by Gasteiger charge is 2.37. The van der Waals surface area contributed by atoms with E-state index < -0.39 is 11.7 Å². The molecule has 1 fully saturated rings. The smallest absolute Gasteiger partial charge is 0.410 e. The minimum Gasteiger partial charge on any atom is -0.445 e. The Morgan fingerprint density at radius 2 is 2.00 bits per heavy atom. The Morgan fingerprint density at radius 3 is 2.62 bits per heavy atom. The fourth-order valence-corrected chi connectivity index (χ4v) is 2.91. The third-order valence-electron chi connectivity index (χ3n) is 4.02. The lowest BCUT2D eigenvalue weighted by Crippen LogP contribution is -2.42. The van der Waals surface area contributed by atoms with Gasteiger partial charge in [0.2, 0.25) is 0 Å². The van der Waals surface area contributed by atoms with Crippen molar-refractivity contribution < 1.29 is 19.1 Å². The molecule has 0 aliphatic carbocycles. The van der Waals surface area contributed by atoms with Crippen molar-refractivity contribution in [2.75, 3.05) is 6.54 Å². The number of carbonyl (C=O) groups is 2. The van der Waals surface area contributed by atoms with E-state index in [4.69, 9.17) is 9.47 Å². The molecule has 0 bridgehead atoms. The maximum atomic E-state index is 12.4. The molecule has 26 heavy (non-hydrogen) atoms. The van der Waals surface area contributed by atoms with Crippen LogP contribution >= 0.6 is 0 Å². The third-order valence-corrected chi connectivity index (χ3v) is 4.02. The molecular weight excluding hydrogens is 332 g/mol. The van der Waals surface area contributed by atoms with Gasteiger partial charge in [-0.3, -0.25) is 0 Å². The van der Waals surface area contributed by atoms with E-state index in [2.05, 4.69) is 11.9 Å². The highest BCUT2D eigenvalue weighted by atomic mass is 16.6. The van der Waals surface area contributed by atoms with Crippen LogP contribution in [0.4, 0.5) is 9.59 Å². The summed E-state index contributed by atoms with van der Waals surface area (Å²) in [7, 11) is 0. The zero-order valence-electron chi connectivity index (χ0n) is 15.7. The van der Waals surface area contributed by atoms with E-state index in [0.29, 0.717) is 19.4 Å². The molecule has 142 valence electrons. The number of rotatable bonds is 5. The van der Waals surface area contributed by atoms with E-state index in [9.17, 15) is 9.59 Å². The molecule has 0 aromatic heterocycles. The average Bonchev–Trinajstić information content (AvgIpc) is 2.95. The van der Waals surface area contributed by atoms with Gasteiger partial charge in [0.25, 0.3) is 0 Å². The van der Waals surface area contributed by atoms with E-state index in [1.807, 2.05) is 51.1 Å². The van der Waals surface area contributed by atoms with Crippen LogP contribution in [0.2, 0.25) is 0 Å². The maximum Gasteiger partial charge on any atom is 0.410 e. The Kier molecular flexibility index (Phi) is 6.66. The fraction of sp³-hybridized carbons (Fsp3) is 0.500. The molecule has 0 saturated carbocycles. The monoisotopic (exact) mass is 360 g/mol. The molecule has 1 aromatic carbocycles. The highest BCUT2D eigenvalue weighted by Crippen LogP contribution is 2.24. The maximum absolute atomic E-state index is 12.4. The predicted octanol–water partition coefficient (Wildman–Crippen LogP) is 3.87. The Labute approximate surface area is 155 Å². The molecule has 1 aromatic rings. The minimum atomic E-state index is -0.560. The number of ether oxygens (including phenoxy) is 2. The van der Waals surface area contributed by atoms with Crippen molar-refractivity contribution in [1.82, 2.24) is 10.2 Å². The summed E-state index contributed by atoms with van der Waals surface area (Å²) in [5, 5.41) is 2.84. The molecule has 6 heteroatoms. The van der Waals surface area contributed by atoms with Gasteiger partial charge < -0.3 is 19.7 Å². The number of benzene rings is 1. The lowest BCUT2D eigenvalue weighted by atomic mass is 10.1. The summed E-state index contributed by atoms with van der Waals surface area (Å²) in [5.41, 5.74) is 0.365. The van der Waals surface area contributed by atoms with Crippen LogP contribution in [0.1, 0.15) is 39.2 Å². The van der Waals surface area contributed by atoms with Gasteiger partial charge in [0.05, 0.1) is 6.04 Å². The molecule has 1 aliphatic heterocycles. The van der Waals surface area contributed by atoms with E-state index in [-0.39, 0.29) is 24.8 Å². The minimum absolute atomic E-state index is 0.0400. The van der Waals surface area contributed by atoms with Crippen LogP contribution in [0.15, 0.2) is 43.0 Å². The van der Waals surface area contributed by atoms with Gasteiger partial charge in [0, 0.05) is 12.6 Å². The zero-order valence-corrected chi connectivity index (χ0v) is 15.7. The summed E-state index contributed by atoms with van der Waals surface area (Å²) in [6, 6.07) is 9.28. The van der Waals surface area contributed by atoms with Crippen molar-refractivity contribution in [1.29, 1.82) is 0 Å². The second kappa shape index (κ2) is 8.74. The van der Waals surface area contributed by atoms with E-state index in [1.54, 1.807) is 11.0 Å². The normalized spacial score (nSPS) is 19.7. The second-order valence-corrected chi connectivity index (χ2v) is 7.45. The Balaban J connectivity index is 1.88. The van der Waals surface area contributed by atoms with Gasteiger partial charge in [-0.15, -0.1) is 6.58 Å². The topological polar surface area (TPSA) is 67.9 Å². The van der Waals surface area contributed by atoms with Crippen LogP contribution in [0, 0.1) is 0 Å². The van der Waals surface area contributed by atoms with E-state index in [0.717, 1.165) is 5.56 Å². The van der Waals surface area contributed by atoms with Crippen LogP contribution in [0.3, 0.4) is 0 Å². The van der Waals surface area contributed by atoms with Crippen molar-refractivity contribution in [3.63, 3.8) is 0 Å². The quantitative estimate of drug-likeness (QED) is 0.810. The largest absolute Gasteiger partial charge is 0.445 e. The number of nitrogens with zero attached hydrogens (tertiary/aromatic N) is 1. The summed E-state index contributed by atoms with van der Waals surface area (Å²) in [6.07, 6.45) is 2.22. The first kappa shape index (κ1) is 19.8. The van der Waals surface area contributed by atoms with Gasteiger partial charge in [-0.1, -0.05) is 36.4 Å². The van der Waals surface area contributed by atoms with Gasteiger partial charge in [-0.25, -0.2) is 9.59 Å². The summed E-state index contributed by atoms with van der Waals surface area (Å²) in [4.78, 5) is 26.1. The van der Waals surface area contributed by atoms with Gasteiger partial charge >= 0.3 is 12.2 Å². The highest BCUT2D eigenvalue weighted by molar-refractivity contribution is 5.70. The first-order chi connectivity index (χ1) is 12.3. The van der Waals surface area contributed by atoms with Crippen LogP contribution in [0.5, 0.6) is 0 Å². The predicted molar refractivity (Wildman–Crippen MR) is 99.7 cm³/mol. The number of likely N-dealkylation sites (tertiary alicyclic amines) is 1. The van der Waals surface area contributed by atoms with E-state index in [1.165, 1.54) is 0 Å². The lowest BCUT2D eigenvalue weighted by Gasteiger charge is -2.28. The molecular formula is C20H28N2O4. The molecule has 1 N–H and O–H groups in total. The lowest BCUT2D eigenvalue weighted by molar-refractivity contribution is 0.0224. The molecule has 2 amide bonds. The molecule has 1 heterocycles. The Hall–Kier alpha value is -2.50. The van der Waals surface area contributed by atoms with Crippen LogP contribution in [0.25, 0.3) is 0 Å². The molecule has 0 spiro atoms. The van der Waals surface area contributed by atoms with Crippen molar-refractivity contribution in [3.05, 3.63) is 48.6 Å². The SMILES string of the molecule is C=CC[C@@H]1CC(NC(=O)OCc2ccccc2)CN1C(=O)OC(C)(C)C. The zero-order chi connectivity index (χ0) is 19.2. The summed E-state index contributed by atoms with van der Waals surface area (Å²) in [5.74, 6) is 0. The molecule has 6 nitrogen and oxygen atoms in total. The summed E-state index contributed by atoms with van der Waals surface area (Å²) in [6.45, 7) is 9.86. The van der Waals surface area contributed by atoms with Gasteiger partial charge in [-0.05, 0) is 39.2 Å². The first-order valence-electron chi connectivity index (χ1n) is 8.86. The average molecular weight is 360 g/mol. The molecule has 1 aliphatic rings. The van der Waals surface area contributed by atoms with Crippen molar-refractivity contribution >= 4 is 12.2 Å². The number of nitrogens with one attached hydrogen (secondary N) is 1. The number of amides is 2. The van der Waals surface area contributed by atoms with Gasteiger partial charge in [-0.2, -0.15) is 0 Å². The van der Waals surface area contributed by atoms with E-state index >= 15 is 0 Å². The third kappa shape index (κ3) is 6.10. The standard InChI is InChI=1S/C20H28N2O4/c1-5-9-17-12-16(13-22(17)19(24)26-20(2,3)4)21-18(23)25-14-15-10-7-6-8-11-15/h5-8,10-11,16-17H,1,9,12-14H2,2-4H3,(H,21,23)/t16?,17-/m1/s1. The Bertz CT molecular complexity index is 624. The summed E-state index contributed by atoms with van der Waals surface area (Å²) >= 11 is 0. The first-order valence-corrected chi connectivity index (χ1v) is 8.86. The molecule has 1 saturated heterocycles. The van der Waals surface area contributed by atoms with Crippen LogP contribution < -0.4 is 5.32 Å². The number of hydrogen-bond donors (Lipinski definition) is 1. The molecule has 2 rings (SSSR count). The number of carbonyl (C=O) groups excluding carboxylic acids is 2. The fourth-order valence-electron chi connectivity index (χ4n) is 2.91. The van der Waals surface area contributed by atoms with Crippen LogP contribution in [-0.4, -0.2) is 41.3 Å². The van der Waals surface area contributed by atoms with Crippen molar-refractivity contribution in [2.45, 2.75) is 57.9 Å². The second-order valence-electron chi connectivity index (χ2n) is 7.45. The molecule has 0 radical (unpaired) electrons. The number of hydrogen-bond acceptors (Lipinski definition) is 4. The van der Waals surface area contributed by atoms with Gasteiger partial charge in [0.1, 0.15) is 12.2 Å². The van der Waals surface area contributed by atoms with Crippen molar-refractivity contribution in [3.8, 4) is 0 Å². The molecule has 2 atom stereocenters. The van der Waals surface area contributed by atoms with Crippen LogP contribution in [-0.2, 0) is 16.1 Å². The number of alkyl carbamates (subject to hydrolysis) is 1. The van der Waals surface area contributed by atoms with Crippen molar-refractivity contribution in [2.24, 2.45) is 0 Å². The van der Waals surface area contributed by atoms with Gasteiger partial charge in [0.15, 0.2) is 0 Å². The molecule has 1 unspecified atom stereocenters.